The second-order valence-electron chi connectivity index (χ2n) is 3.30. The third kappa shape index (κ3) is 7.54. The van der Waals surface area contributed by atoms with Gasteiger partial charge in [0.15, 0.2) is 6.29 Å². The van der Waals surface area contributed by atoms with Crippen LogP contribution < -0.4 is 34.3 Å². The van der Waals surface area contributed by atoms with Crippen LogP contribution in [-0.2, 0) is 11.4 Å². The van der Waals surface area contributed by atoms with Crippen LogP contribution in [0.5, 0.6) is 11.5 Å². The number of benzene rings is 2. The Labute approximate surface area is 142 Å². The van der Waals surface area contributed by atoms with E-state index in [-0.39, 0.29) is 31.0 Å². The number of hydrogen-bond donors (Lipinski definition) is 2. The van der Waals surface area contributed by atoms with Gasteiger partial charge in [0.1, 0.15) is 11.5 Å². The largest absolute Gasteiger partial charge is 1.00 e. The van der Waals surface area contributed by atoms with Crippen molar-refractivity contribution in [2.75, 3.05) is 0 Å². The van der Waals surface area contributed by atoms with Crippen molar-refractivity contribution in [2.24, 2.45) is 0 Å². The molecule has 7 heteroatoms. The van der Waals surface area contributed by atoms with Gasteiger partial charge in [-0.3, -0.25) is 13.9 Å². The first-order valence-electron chi connectivity index (χ1n) is 5.20. The van der Waals surface area contributed by atoms with Gasteiger partial charge in [-0.25, -0.2) is 0 Å². The fourth-order valence-electron chi connectivity index (χ4n) is 1.29. The van der Waals surface area contributed by atoms with Gasteiger partial charge in [-0.05, 0) is 24.3 Å². The van der Waals surface area contributed by atoms with Gasteiger partial charge < -0.3 is 6.16 Å². The Morgan fingerprint density at radius 2 is 1.50 bits per heavy atom. The molecule has 0 spiro atoms. The molecule has 0 amide bonds. The van der Waals surface area contributed by atoms with E-state index in [1.807, 2.05) is 42.5 Å². The van der Waals surface area contributed by atoms with Gasteiger partial charge in [0.25, 0.3) is 11.4 Å². The smallest absolute Gasteiger partial charge is 1.00 e. The average Bonchev–Trinajstić information content (AvgIpc) is 2.40. The molecule has 0 aliphatic heterocycles. The number of hydrogen-bond acceptors (Lipinski definition) is 3. The van der Waals surface area contributed by atoms with E-state index in [1.165, 1.54) is 0 Å². The molecule has 0 bridgehead atoms. The number of para-hydroxylation sites is 2. The summed E-state index contributed by atoms with van der Waals surface area (Å²) in [5.74, 6) is 1.31. The molecular weight excluding hydrogens is 291 g/mol. The molecule has 2 aromatic carbocycles. The van der Waals surface area contributed by atoms with Crippen LogP contribution in [0, 0.1) is 0 Å². The number of ether oxygens (including phenoxy) is 1. The minimum absolute atomic E-state index is 0. The van der Waals surface area contributed by atoms with Crippen LogP contribution in [0.25, 0.3) is 0 Å². The Bertz CT molecular complexity index is 549. The van der Waals surface area contributed by atoms with E-state index in [9.17, 15) is 4.79 Å². The van der Waals surface area contributed by atoms with Crippen LogP contribution in [0.2, 0.25) is 0 Å². The van der Waals surface area contributed by atoms with Crippen molar-refractivity contribution >= 4 is 17.6 Å². The fourth-order valence-corrected chi connectivity index (χ4v) is 1.29. The summed E-state index contributed by atoms with van der Waals surface area (Å²) in [5.41, 5.74) is 0.557. The Kier molecular flexibility index (Phi) is 10.2. The van der Waals surface area contributed by atoms with Crippen molar-refractivity contribution in [3.63, 3.8) is 0 Å². The molecule has 0 fully saturated rings. The maximum atomic E-state index is 10.7. The number of carbonyl (C=O) groups excluding carboxylic acids is 1. The molecule has 0 heterocycles. The maximum absolute atomic E-state index is 10.7. The van der Waals surface area contributed by atoms with E-state index in [4.69, 9.17) is 18.1 Å². The van der Waals surface area contributed by atoms with Crippen LogP contribution in [0.4, 0.5) is 0 Å². The molecule has 2 rings (SSSR count). The normalized spacial score (nSPS) is 8.95. The monoisotopic (exact) mass is 304 g/mol. The summed E-state index contributed by atoms with van der Waals surface area (Å²) in [6, 6.07) is 16.5. The Morgan fingerprint density at radius 3 is 2.05 bits per heavy atom. The van der Waals surface area contributed by atoms with Gasteiger partial charge >= 0.3 is 29.6 Å². The van der Waals surface area contributed by atoms with Crippen molar-refractivity contribution in [3.05, 3.63) is 60.2 Å². The molecule has 0 radical (unpaired) electrons. The van der Waals surface area contributed by atoms with E-state index in [2.05, 4.69) is 0 Å². The molecule has 0 atom stereocenters. The summed E-state index contributed by atoms with van der Waals surface area (Å²) in [5, 5.41) is 0. The van der Waals surface area contributed by atoms with Crippen LogP contribution >= 0.6 is 0 Å². The van der Waals surface area contributed by atoms with Crippen LogP contribution in [-0.4, -0.2) is 19.6 Å². The molecule has 0 saturated heterocycles. The van der Waals surface area contributed by atoms with Gasteiger partial charge in [-0.2, -0.15) is 4.21 Å². The summed E-state index contributed by atoms with van der Waals surface area (Å²) in [4.78, 5) is 10.7. The second kappa shape index (κ2) is 10.7. The van der Waals surface area contributed by atoms with Crippen molar-refractivity contribution in [1.82, 2.24) is 0 Å². The molecule has 102 valence electrons. The first-order chi connectivity index (χ1) is 9.13. The molecule has 0 aliphatic rings. The molecule has 0 unspecified atom stereocenters. The van der Waals surface area contributed by atoms with Crippen LogP contribution in [0.15, 0.2) is 54.6 Å². The van der Waals surface area contributed by atoms with E-state index >= 15 is 0 Å². The molecule has 2 N–H and O–H groups in total. The van der Waals surface area contributed by atoms with E-state index < -0.39 is 11.4 Å². The third-order valence-corrected chi connectivity index (χ3v) is 2.02. The first kappa shape index (κ1) is 19.0. The summed E-state index contributed by atoms with van der Waals surface area (Å²) < 4.78 is 28.4. The van der Waals surface area contributed by atoms with Gasteiger partial charge in [0.05, 0.1) is 5.56 Å². The maximum Gasteiger partial charge on any atom is 1.00 e. The molecule has 0 aromatic heterocycles. The minimum Gasteiger partial charge on any atom is -1.00 e. The first-order valence-corrected chi connectivity index (χ1v) is 6.27. The predicted molar refractivity (Wildman–Crippen MR) is 72.9 cm³/mol. The van der Waals surface area contributed by atoms with Gasteiger partial charge in [0.2, 0.25) is 0 Å². The fraction of sp³-hybridized carbons (Fsp3) is 0. The predicted octanol–water partition coefficient (Wildman–Crippen LogP) is 0.0890. The summed E-state index contributed by atoms with van der Waals surface area (Å²) >= 11 is -2.61. The number of rotatable bonds is 3. The van der Waals surface area contributed by atoms with Gasteiger partial charge in [-0.15, -0.1) is 0 Å². The molecule has 0 aliphatic carbocycles. The third-order valence-electron chi connectivity index (χ3n) is 2.02. The number of carbonyl (C=O) groups is 1. The number of aldehydes is 1. The average molecular weight is 304 g/mol. The minimum atomic E-state index is -2.61. The second-order valence-corrected chi connectivity index (χ2v) is 3.76. The van der Waals surface area contributed by atoms with E-state index in [0.29, 0.717) is 11.3 Å². The Balaban J connectivity index is 0. The summed E-state index contributed by atoms with van der Waals surface area (Å²) in [6.45, 7) is 0. The zero-order valence-electron chi connectivity index (χ0n) is 11.8. The van der Waals surface area contributed by atoms with E-state index in [0.717, 1.165) is 12.0 Å². The van der Waals surface area contributed by atoms with Gasteiger partial charge in [0, 0.05) is 0 Å². The summed E-state index contributed by atoms with van der Waals surface area (Å²) in [6.07, 6.45) is 0.790. The Hall–Kier alpha value is -1.02. The quantitative estimate of drug-likeness (QED) is 0.477. The van der Waals surface area contributed by atoms with Crippen molar-refractivity contribution in [1.29, 1.82) is 0 Å². The molecule has 2 aromatic rings. The zero-order chi connectivity index (χ0) is 14.1. The molecule has 0 saturated carbocycles. The Morgan fingerprint density at radius 1 is 1.00 bits per heavy atom. The molecular formula is C13H13NaO5S. The van der Waals surface area contributed by atoms with Gasteiger partial charge in [-0.1, -0.05) is 30.3 Å². The van der Waals surface area contributed by atoms with Crippen molar-refractivity contribution < 1.29 is 53.8 Å². The topological polar surface area (TPSA) is 83.8 Å². The molecule has 5 nitrogen and oxygen atoms in total. The van der Waals surface area contributed by atoms with E-state index in [1.54, 1.807) is 12.1 Å². The van der Waals surface area contributed by atoms with Crippen molar-refractivity contribution in [2.45, 2.75) is 0 Å². The zero-order valence-corrected chi connectivity index (χ0v) is 13.6. The standard InChI is InChI=1S/C13H10O2.Na.H2O3S.H/c14-10-11-6-4-5-9-13(11)15-12-7-2-1-3-8-12;;1-4(2)3;/h1-10H;;(H2,1,2,3);/q;+1;;-1. The SMILES string of the molecule is O=Cc1ccccc1Oc1ccccc1.O=S(O)O.[H-].[Na+]. The van der Waals surface area contributed by atoms with Crippen LogP contribution in [0.1, 0.15) is 11.8 Å². The summed E-state index contributed by atoms with van der Waals surface area (Å²) in [7, 11) is 0. The van der Waals surface area contributed by atoms with Crippen LogP contribution in [0.3, 0.4) is 0 Å². The molecule has 20 heavy (non-hydrogen) atoms. The van der Waals surface area contributed by atoms with Crippen molar-refractivity contribution in [3.8, 4) is 11.5 Å².